The van der Waals surface area contributed by atoms with Crippen molar-refractivity contribution in [2.45, 2.75) is 0 Å². The predicted molar refractivity (Wildman–Crippen MR) is 73.1 cm³/mol. The van der Waals surface area contributed by atoms with Crippen molar-refractivity contribution in [3.05, 3.63) is 34.4 Å². The van der Waals surface area contributed by atoms with E-state index in [0.29, 0.717) is 12.4 Å². The van der Waals surface area contributed by atoms with Crippen LogP contribution in [0.25, 0.3) is 0 Å². The van der Waals surface area contributed by atoms with Crippen LogP contribution in [-0.2, 0) is 4.74 Å². The van der Waals surface area contributed by atoms with Gasteiger partial charge in [-0.15, -0.1) is 12.4 Å². The van der Waals surface area contributed by atoms with Crippen LogP contribution in [-0.4, -0.2) is 49.3 Å². The fraction of sp³-hybridized carbons (Fsp3) is 0.500. The second-order valence-electron chi connectivity index (χ2n) is 4.06. The lowest BCUT2D eigenvalue weighted by Crippen LogP contribution is -2.38. The Bertz CT molecular complexity index is 410. The number of ether oxygens (including phenoxy) is 2. The van der Waals surface area contributed by atoms with E-state index >= 15 is 0 Å². The van der Waals surface area contributed by atoms with Gasteiger partial charge < -0.3 is 9.47 Å². The van der Waals surface area contributed by atoms with Crippen molar-refractivity contribution >= 4 is 18.1 Å². The number of hydrogen-bond acceptors (Lipinski definition) is 5. The minimum atomic E-state index is -0.422. The molecule has 0 atom stereocenters. The first-order valence-corrected chi connectivity index (χ1v) is 5.93. The third-order valence-corrected chi connectivity index (χ3v) is 2.81. The van der Waals surface area contributed by atoms with E-state index in [2.05, 4.69) is 4.90 Å². The number of nitro groups is 1. The number of nitro benzene ring substituents is 1. The van der Waals surface area contributed by atoms with Crippen molar-refractivity contribution in [3.63, 3.8) is 0 Å². The molecule has 0 bridgehead atoms. The van der Waals surface area contributed by atoms with E-state index in [4.69, 9.17) is 9.47 Å². The van der Waals surface area contributed by atoms with Gasteiger partial charge in [-0.25, -0.2) is 0 Å². The summed E-state index contributed by atoms with van der Waals surface area (Å²) in [7, 11) is 0. The molecule has 1 saturated heterocycles. The third kappa shape index (κ3) is 5.02. The molecule has 1 aromatic carbocycles. The molecule has 0 N–H and O–H groups in total. The highest BCUT2D eigenvalue weighted by Crippen LogP contribution is 2.18. The van der Waals surface area contributed by atoms with Crippen molar-refractivity contribution < 1.29 is 14.4 Å². The molecular formula is C12H17ClN2O4. The van der Waals surface area contributed by atoms with E-state index in [-0.39, 0.29) is 18.1 Å². The Kier molecular flexibility index (Phi) is 6.55. The molecule has 1 heterocycles. The molecule has 0 spiro atoms. The average Bonchev–Trinajstić information content (AvgIpc) is 2.40. The van der Waals surface area contributed by atoms with E-state index < -0.39 is 4.92 Å². The Morgan fingerprint density at radius 3 is 2.79 bits per heavy atom. The summed E-state index contributed by atoms with van der Waals surface area (Å²) in [6, 6.07) is 6.25. The van der Waals surface area contributed by atoms with Gasteiger partial charge in [0, 0.05) is 25.7 Å². The van der Waals surface area contributed by atoms with Gasteiger partial charge in [0.05, 0.1) is 24.2 Å². The maximum atomic E-state index is 10.6. The minimum Gasteiger partial charge on any atom is -0.492 e. The Balaban J connectivity index is 0.00000180. The van der Waals surface area contributed by atoms with Gasteiger partial charge in [0.2, 0.25) is 0 Å². The van der Waals surface area contributed by atoms with Crippen molar-refractivity contribution in [3.8, 4) is 5.75 Å². The molecule has 0 aromatic heterocycles. The number of rotatable bonds is 5. The van der Waals surface area contributed by atoms with Crippen LogP contribution < -0.4 is 4.74 Å². The molecule has 0 unspecified atom stereocenters. The summed E-state index contributed by atoms with van der Waals surface area (Å²) in [5.41, 5.74) is 0.0545. The molecular weight excluding hydrogens is 272 g/mol. The van der Waals surface area contributed by atoms with Gasteiger partial charge in [0.1, 0.15) is 12.4 Å². The van der Waals surface area contributed by atoms with Crippen molar-refractivity contribution in [2.75, 3.05) is 39.5 Å². The van der Waals surface area contributed by atoms with Crippen LogP contribution in [0.2, 0.25) is 0 Å². The molecule has 106 valence electrons. The van der Waals surface area contributed by atoms with E-state index in [1.165, 1.54) is 12.1 Å². The van der Waals surface area contributed by atoms with Crippen LogP contribution in [0, 0.1) is 10.1 Å². The number of benzene rings is 1. The van der Waals surface area contributed by atoms with Gasteiger partial charge in [0.15, 0.2) is 0 Å². The topological polar surface area (TPSA) is 64.8 Å². The first-order valence-electron chi connectivity index (χ1n) is 5.93. The van der Waals surface area contributed by atoms with Gasteiger partial charge in [-0.2, -0.15) is 0 Å². The molecule has 0 saturated carbocycles. The van der Waals surface area contributed by atoms with Gasteiger partial charge in [-0.1, -0.05) is 6.07 Å². The second kappa shape index (κ2) is 7.93. The lowest BCUT2D eigenvalue weighted by atomic mass is 10.3. The molecule has 1 fully saturated rings. The Morgan fingerprint density at radius 2 is 2.11 bits per heavy atom. The standard InChI is InChI=1S/C12H16N2O4.ClH/c15-14(16)11-2-1-3-12(10-11)18-9-6-13-4-7-17-8-5-13;/h1-3,10H,4-9H2;1H. The van der Waals surface area contributed by atoms with Crippen LogP contribution in [0.5, 0.6) is 5.75 Å². The summed E-state index contributed by atoms with van der Waals surface area (Å²) < 4.78 is 10.8. The van der Waals surface area contributed by atoms with Crippen molar-refractivity contribution in [2.24, 2.45) is 0 Å². The third-order valence-electron chi connectivity index (χ3n) is 2.81. The lowest BCUT2D eigenvalue weighted by molar-refractivity contribution is -0.384. The molecule has 1 aliphatic heterocycles. The smallest absolute Gasteiger partial charge is 0.273 e. The van der Waals surface area contributed by atoms with Gasteiger partial charge in [0.25, 0.3) is 5.69 Å². The quantitative estimate of drug-likeness (QED) is 0.610. The minimum absolute atomic E-state index is 0. The van der Waals surface area contributed by atoms with Gasteiger partial charge in [-0.3, -0.25) is 15.0 Å². The fourth-order valence-electron chi connectivity index (χ4n) is 1.80. The number of halogens is 1. The Morgan fingerprint density at radius 1 is 1.37 bits per heavy atom. The summed E-state index contributed by atoms with van der Waals surface area (Å²) in [4.78, 5) is 12.4. The number of nitrogens with zero attached hydrogens (tertiary/aromatic N) is 2. The zero-order chi connectivity index (χ0) is 12.8. The maximum Gasteiger partial charge on any atom is 0.273 e. The Labute approximate surface area is 117 Å². The number of non-ortho nitro benzene ring substituents is 1. The van der Waals surface area contributed by atoms with Crippen molar-refractivity contribution in [1.29, 1.82) is 0 Å². The number of hydrogen-bond donors (Lipinski definition) is 0. The Hall–Kier alpha value is -1.37. The first kappa shape index (κ1) is 15.7. The van der Waals surface area contributed by atoms with Gasteiger partial charge in [-0.05, 0) is 6.07 Å². The summed E-state index contributed by atoms with van der Waals surface area (Å²) in [6.07, 6.45) is 0. The van der Waals surface area contributed by atoms with E-state index in [1.54, 1.807) is 12.1 Å². The zero-order valence-electron chi connectivity index (χ0n) is 10.5. The predicted octanol–water partition coefficient (Wildman–Crippen LogP) is 1.73. The summed E-state index contributed by atoms with van der Waals surface area (Å²) >= 11 is 0. The lowest BCUT2D eigenvalue weighted by Gasteiger charge is -2.26. The van der Waals surface area contributed by atoms with Crippen molar-refractivity contribution in [1.82, 2.24) is 4.90 Å². The SMILES string of the molecule is Cl.O=[N+]([O-])c1cccc(OCCN2CCOCC2)c1. The molecule has 1 aromatic rings. The summed E-state index contributed by atoms with van der Waals surface area (Å²) in [5.74, 6) is 0.539. The van der Waals surface area contributed by atoms with Crippen LogP contribution in [0.3, 0.4) is 0 Å². The van der Waals surface area contributed by atoms with E-state index in [1.807, 2.05) is 0 Å². The molecule has 2 rings (SSSR count). The van der Waals surface area contributed by atoms with E-state index in [0.717, 1.165) is 32.8 Å². The number of morpholine rings is 1. The first-order chi connectivity index (χ1) is 8.75. The van der Waals surface area contributed by atoms with Crippen LogP contribution in [0.15, 0.2) is 24.3 Å². The zero-order valence-corrected chi connectivity index (χ0v) is 11.3. The monoisotopic (exact) mass is 288 g/mol. The normalized spacial score (nSPS) is 15.6. The molecule has 0 radical (unpaired) electrons. The largest absolute Gasteiger partial charge is 0.492 e. The highest BCUT2D eigenvalue weighted by molar-refractivity contribution is 5.85. The van der Waals surface area contributed by atoms with Crippen LogP contribution in [0.1, 0.15) is 0 Å². The molecule has 0 aliphatic carbocycles. The maximum absolute atomic E-state index is 10.6. The summed E-state index contributed by atoms with van der Waals surface area (Å²) in [6.45, 7) is 4.69. The molecule has 1 aliphatic rings. The molecule has 0 amide bonds. The molecule has 7 heteroatoms. The van der Waals surface area contributed by atoms with Crippen LogP contribution >= 0.6 is 12.4 Å². The fourth-order valence-corrected chi connectivity index (χ4v) is 1.80. The highest BCUT2D eigenvalue weighted by Gasteiger charge is 2.10. The van der Waals surface area contributed by atoms with Gasteiger partial charge >= 0.3 is 0 Å². The van der Waals surface area contributed by atoms with Crippen LogP contribution in [0.4, 0.5) is 5.69 Å². The molecule has 6 nitrogen and oxygen atoms in total. The highest BCUT2D eigenvalue weighted by atomic mass is 35.5. The molecule has 19 heavy (non-hydrogen) atoms. The second-order valence-corrected chi connectivity index (χ2v) is 4.06. The summed E-state index contributed by atoms with van der Waals surface area (Å²) in [5, 5.41) is 10.6. The van der Waals surface area contributed by atoms with E-state index in [9.17, 15) is 10.1 Å². The average molecular weight is 289 g/mol.